The van der Waals surface area contributed by atoms with E-state index in [9.17, 15) is 4.79 Å². The number of fused-ring (bicyclic) bond motifs is 1. The predicted octanol–water partition coefficient (Wildman–Crippen LogP) is 3.00. The van der Waals surface area contributed by atoms with E-state index in [0.717, 1.165) is 50.2 Å². The first-order chi connectivity index (χ1) is 13.6. The summed E-state index contributed by atoms with van der Waals surface area (Å²) in [6.45, 7) is 5.87. The highest BCUT2D eigenvalue weighted by molar-refractivity contribution is 5.79. The first kappa shape index (κ1) is 18.5. The van der Waals surface area contributed by atoms with E-state index in [2.05, 4.69) is 32.3 Å². The van der Waals surface area contributed by atoms with Gasteiger partial charge in [-0.2, -0.15) is 4.98 Å². The van der Waals surface area contributed by atoms with E-state index in [0.29, 0.717) is 29.5 Å². The topological polar surface area (TPSA) is 97.3 Å². The number of amides is 1. The number of hydrogen-bond acceptors (Lipinski definition) is 7. The Morgan fingerprint density at radius 1 is 1.29 bits per heavy atom. The number of aryl methyl sites for hydroxylation is 2. The van der Waals surface area contributed by atoms with Gasteiger partial charge in [0.15, 0.2) is 11.3 Å². The molecule has 8 heteroatoms. The maximum absolute atomic E-state index is 12.5. The van der Waals surface area contributed by atoms with E-state index >= 15 is 0 Å². The third kappa shape index (κ3) is 4.00. The van der Waals surface area contributed by atoms with Gasteiger partial charge in [-0.25, -0.2) is 4.98 Å². The summed E-state index contributed by atoms with van der Waals surface area (Å²) in [5.74, 6) is 0.741. The molecule has 28 heavy (non-hydrogen) atoms. The Labute approximate surface area is 163 Å². The van der Waals surface area contributed by atoms with Crippen LogP contribution in [0.4, 0.5) is 6.01 Å². The van der Waals surface area contributed by atoms with Gasteiger partial charge in [-0.1, -0.05) is 18.5 Å². The third-order valence-corrected chi connectivity index (χ3v) is 5.07. The monoisotopic (exact) mass is 383 g/mol. The highest BCUT2D eigenvalue weighted by atomic mass is 16.5. The maximum Gasteiger partial charge on any atom is 0.299 e. The second-order valence-corrected chi connectivity index (χ2v) is 7.28. The molecule has 0 saturated carbocycles. The Kier molecular flexibility index (Phi) is 5.27. The van der Waals surface area contributed by atoms with Gasteiger partial charge in [0.05, 0.1) is 12.2 Å². The highest BCUT2D eigenvalue weighted by Crippen LogP contribution is 2.26. The Hall–Kier alpha value is -2.90. The molecule has 4 rings (SSSR count). The van der Waals surface area contributed by atoms with Gasteiger partial charge < -0.3 is 19.2 Å². The molecule has 0 atom stereocenters. The Balaban J connectivity index is 1.29. The van der Waals surface area contributed by atoms with Crippen LogP contribution in [-0.2, 0) is 17.8 Å². The van der Waals surface area contributed by atoms with Crippen LogP contribution in [0, 0.1) is 12.8 Å². The SMILES string of the molecule is CCCc1cc(CNC(=O)C2CCN(c3nc4nc(C)ccc4o3)CC2)on1. The van der Waals surface area contributed by atoms with Gasteiger partial charge in [0.2, 0.25) is 11.6 Å². The van der Waals surface area contributed by atoms with Crippen molar-refractivity contribution in [2.75, 3.05) is 18.0 Å². The predicted molar refractivity (Wildman–Crippen MR) is 104 cm³/mol. The number of rotatable bonds is 6. The van der Waals surface area contributed by atoms with E-state index < -0.39 is 0 Å². The van der Waals surface area contributed by atoms with Crippen LogP contribution in [0.15, 0.2) is 27.1 Å². The lowest BCUT2D eigenvalue weighted by atomic mass is 9.96. The van der Waals surface area contributed by atoms with Crippen molar-refractivity contribution in [2.45, 2.75) is 46.1 Å². The van der Waals surface area contributed by atoms with Gasteiger partial charge in [-0.3, -0.25) is 4.79 Å². The molecule has 1 fully saturated rings. The molecular formula is C20H25N5O3. The molecule has 0 radical (unpaired) electrons. The number of nitrogens with one attached hydrogen (secondary N) is 1. The second-order valence-electron chi connectivity index (χ2n) is 7.28. The summed E-state index contributed by atoms with van der Waals surface area (Å²) >= 11 is 0. The molecule has 8 nitrogen and oxygen atoms in total. The molecule has 0 aliphatic carbocycles. The number of aromatic nitrogens is 3. The summed E-state index contributed by atoms with van der Waals surface area (Å²) < 4.78 is 11.1. The van der Waals surface area contributed by atoms with Gasteiger partial charge in [-0.15, -0.1) is 0 Å². The summed E-state index contributed by atoms with van der Waals surface area (Å²) in [7, 11) is 0. The number of anilines is 1. The zero-order valence-corrected chi connectivity index (χ0v) is 16.3. The number of oxazole rings is 1. The fraction of sp³-hybridized carbons (Fsp3) is 0.500. The first-order valence-corrected chi connectivity index (χ1v) is 9.83. The average molecular weight is 383 g/mol. The minimum Gasteiger partial charge on any atom is -0.422 e. The Morgan fingerprint density at radius 2 is 2.11 bits per heavy atom. The molecule has 1 aliphatic rings. The van der Waals surface area contributed by atoms with Gasteiger partial charge in [0.1, 0.15) is 0 Å². The zero-order valence-electron chi connectivity index (χ0n) is 16.3. The smallest absolute Gasteiger partial charge is 0.299 e. The minimum absolute atomic E-state index is 0.0148. The van der Waals surface area contributed by atoms with Crippen molar-refractivity contribution >= 4 is 23.2 Å². The van der Waals surface area contributed by atoms with Crippen molar-refractivity contribution in [3.05, 3.63) is 35.3 Å². The zero-order chi connectivity index (χ0) is 19.5. The summed E-state index contributed by atoms with van der Waals surface area (Å²) in [5, 5.41) is 6.97. The lowest BCUT2D eigenvalue weighted by molar-refractivity contribution is -0.125. The molecule has 0 spiro atoms. The summed E-state index contributed by atoms with van der Waals surface area (Å²) in [6.07, 6.45) is 3.43. The number of carbonyl (C=O) groups is 1. The van der Waals surface area contributed by atoms with Crippen molar-refractivity contribution < 1.29 is 13.7 Å². The molecule has 1 amide bonds. The van der Waals surface area contributed by atoms with Crippen LogP contribution in [0.3, 0.4) is 0 Å². The van der Waals surface area contributed by atoms with Crippen molar-refractivity contribution in [1.29, 1.82) is 0 Å². The van der Waals surface area contributed by atoms with Crippen LogP contribution in [0.25, 0.3) is 11.2 Å². The first-order valence-electron chi connectivity index (χ1n) is 9.83. The van der Waals surface area contributed by atoms with Crippen LogP contribution < -0.4 is 10.2 Å². The fourth-order valence-corrected chi connectivity index (χ4v) is 3.50. The quantitative estimate of drug-likeness (QED) is 0.699. The molecule has 0 aromatic carbocycles. The van der Waals surface area contributed by atoms with Crippen molar-refractivity contribution in [1.82, 2.24) is 20.4 Å². The summed E-state index contributed by atoms with van der Waals surface area (Å²) in [5.41, 5.74) is 3.17. The lowest BCUT2D eigenvalue weighted by Crippen LogP contribution is -2.40. The standard InChI is InChI=1S/C20H25N5O3/c1-3-4-15-11-16(28-24-15)12-21-19(26)14-7-9-25(10-8-14)20-23-18-17(27-20)6-5-13(2)22-18/h5-6,11,14H,3-4,7-10,12H2,1-2H3,(H,21,26). The molecule has 1 N–H and O–H groups in total. The van der Waals surface area contributed by atoms with Crippen molar-refractivity contribution in [3.63, 3.8) is 0 Å². The molecular weight excluding hydrogens is 358 g/mol. The van der Waals surface area contributed by atoms with Crippen LogP contribution >= 0.6 is 0 Å². The Bertz CT molecular complexity index is 956. The van der Waals surface area contributed by atoms with Gasteiger partial charge >= 0.3 is 0 Å². The van der Waals surface area contributed by atoms with E-state index in [4.69, 9.17) is 8.94 Å². The second kappa shape index (κ2) is 8.00. The van der Waals surface area contributed by atoms with Gasteiger partial charge in [-0.05, 0) is 38.3 Å². The molecule has 4 heterocycles. The fourth-order valence-electron chi connectivity index (χ4n) is 3.50. The third-order valence-electron chi connectivity index (χ3n) is 5.07. The Morgan fingerprint density at radius 3 is 2.89 bits per heavy atom. The normalized spacial score (nSPS) is 15.3. The van der Waals surface area contributed by atoms with Crippen LogP contribution in [0.5, 0.6) is 0 Å². The molecule has 3 aromatic heterocycles. The molecule has 1 saturated heterocycles. The van der Waals surface area contributed by atoms with Crippen LogP contribution in [0.1, 0.15) is 43.3 Å². The van der Waals surface area contributed by atoms with Crippen molar-refractivity contribution in [3.8, 4) is 0 Å². The molecule has 0 unspecified atom stereocenters. The van der Waals surface area contributed by atoms with E-state index in [-0.39, 0.29) is 11.8 Å². The number of piperidine rings is 1. The average Bonchev–Trinajstić information content (AvgIpc) is 3.33. The largest absolute Gasteiger partial charge is 0.422 e. The maximum atomic E-state index is 12.5. The van der Waals surface area contributed by atoms with E-state index in [1.54, 1.807) is 0 Å². The number of hydrogen-bond donors (Lipinski definition) is 1. The molecule has 0 bridgehead atoms. The summed E-state index contributed by atoms with van der Waals surface area (Å²) in [6, 6.07) is 6.30. The number of pyridine rings is 1. The lowest BCUT2D eigenvalue weighted by Gasteiger charge is -2.29. The van der Waals surface area contributed by atoms with Crippen LogP contribution in [-0.4, -0.2) is 34.1 Å². The van der Waals surface area contributed by atoms with Gasteiger partial charge in [0.25, 0.3) is 6.01 Å². The van der Waals surface area contributed by atoms with Crippen molar-refractivity contribution in [2.24, 2.45) is 5.92 Å². The molecule has 148 valence electrons. The van der Waals surface area contributed by atoms with E-state index in [1.165, 1.54) is 0 Å². The van der Waals surface area contributed by atoms with E-state index in [1.807, 2.05) is 25.1 Å². The van der Waals surface area contributed by atoms with Gasteiger partial charge in [0, 0.05) is 30.8 Å². The minimum atomic E-state index is -0.0148. The highest BCUT2D eigenvalue weighted by Gasteiger charge is 2.27. The number of carbonyl (C=O) groups excluding carboxylic acids is 1. The summed E-state index contributed by atoms with van der Waals surface area (Å²) in [4.78, 5) is 23.4. The number of nitrogens with zero attached hydrogens (tertiary/aromatic N) is 4. The van der Waals surface area contributed by atoms with Crippen LogP contribution in [0.2, 0.25) is 0 Å². The molecule has 1 aliphatic heterocycles. The molecule has 3 aromatic rings.